The van der Waals surface area contributed by atoms with Crippen molar-refractivity contribution in [1.29, 1.82) is 0 Å². The third kappa shape index (κ3) is 4.05. The summed E-state index contributed by atoms with van der Waals surface area (Å²) in [6, 6.07) is 4.45. The van der Waals surface area contributed by atoms with Gasteiger partial charge in [-0.15, -0.1) is 0 Å². The highest BCUT2D eigenvalue weighted by molar-refractivity contribution is 7.89. The molecule has 0 aromatic heterocycles. The first kappa shape index (κ1) is 16.4. The molecule has 0 bridgehead atoms. The average molecular weight is 325 g/mol. The minimum atomic E-state index is -3.76. The predicted octanol–water partition coefficient (Wildman–Crippen LogP) is 0.374. The van der Waals surface area contributed by atoms with Crippen molar-refractivity contribution >= 4 is 27.5 Å². The second-order valence-electron chi connectivity index (χ2n) is 5.41. The van der Waals surface area contributed by atoms with E-state index in [9.17, 15) is 18.0 Å². The van der Waals surface area contributed by atoms with Gasteiger partial charge in [-0.1, -0.05) is 0 Å². The molecule has 120 valence electrons. The quantitative estimate of drug-likeness (QED) is 0.727. The Labute approximate surface area is 129 Å². The molecule has 0 atom stereocenters. The van der Waals surface area contributed by atoms with Crippen molar-refractivity contribution in [3.8, 4) is 0 Å². The lowest BCUT2D eigenvalue weighted by atomic mass is 10.0. The lowest BCUT2D eigenvalue weighted by Crippen LogP contribution is -2.39. The molecule has 22 heavy (non-hydrogen) atoms. The monoisotopic (exact) mass is 325 g/mol. The molecule has 1 aromatic rings. The van der Waals surface area contributed by atoms with Gasteiger partial charge in [-0.05, 0) is 44.0 Å². The summed E-state index contributed by atoms with van der Waals surface area (Å²) in [4.78, 5) is 22.9. The van der Waals surface area contributed by atoms with Crippen LogP contribution in [0.15, 0.2) is 23.1 Å². The molecule has 7 nitrogen and oxygen atoms in total. The van der Waals surface area contributed by atoms with Gasteiger partial charge < -0.3 is 10.6 Å². The molecule has 0 fully saturated rings. The van der Waals surface area contributed by atoms with Gasteiger partial charge in [0, 0.05) is 18.2 Å². The third-order valence-corrected chi connectivity index (χ3v) is 4.55. The normalized spacial score (nSPS) is 14.4. The lowest BCUT2D eigenvalue weighted by Gasteiger charge is -2.17. The van der Waals surface area contributed by atoms with Gasteiger partial charge in [0.15, 0.2) is 0 Å². The highest BCUT2D eigenvalue weighted by Crippen LogP contribution is 2.25. The van der Waals surface area contributed by atoms with Crippen LogP contribution in [0.25, 0.3) is 0 Å². The van der Waals surface area contributed by atoms with Crippen LogP contribution in [0.3, 0.4) is 0 Å². The van der Waals surface area contributed by atoms with E-state index < -0.39 is 10.0 Å². The van der Waals surface area contributed by atoms with E-state index in [1.807, 2.05) is 0 Å². The van der Waals surface area contributed by atoms with Crippen LogP contribution in [0.2, 0.25) is 0 Å². The Balaban J connectivity index is 2.10. The first-order chi connectivity index (χ1) is 10.3. The first-order valence-electron chi connectivity index (χ1n) is 7.00. The van der Waals surface area contributed by atoms with Crippen LogP contribution >= 0.6 is 0 Å². The largest absolute Gasteiger partial charge is 0.353 e. The van der Waals surface area contributed by atoms with E-state index in [4.69, 9.17) is 0 Å². The first-order valence-corrected chi connectivity index (χ1v) is 8.48. The molecule has 2 rings (SSSR count). The number of rotatable bonds is 5. The van der Waals surface area contributed by atoms with Crippen molar-refractivity contribution in [1.82, 2.24) is 10.0 Å². The van der Waals surface area contributed by atoms with Crippen molar-refractivity contribution in [3.05, 3.63) is 23.8 Å². The van der Waals surface area contributed by atoms with E-state index in [0.29, 0.717) is 18.5 Å². The summed E-state index contributed by atoms with van der Waals surface area (Å²) in [7, 11) is -3.76. The molecule has 0 aliphatic carbocycles. The average Bonchev–Trinajstić information content (AvgIpc) is 2.44. The van der Waals surface area contributed by atoms with E-state index in [2.05, 4.69) is 15.4 Å². The molecule has 0 radical (unpaired) electrons. The maximum absolute atomic E-state index is 12.2. The molecule has 8 heteroatoms. The second-order valence-corrected chi connectivity index (χ2v) is 7.18. The van der Waals surface area contributed by atoms with Crippen molar-refractivity contribution in [2.75, 3.05) is 11.9 Å². The number of anilines is 1. The fraction of sp³-hybridized carbons (Fsp3) is 0.429. The molecular formula is C14H19N3O4S. The number of aryl methyl sites for hydroxylation is 1. The molecule has 1 aliphatic rings. The number of hydrogen-bond acceptors (Lipinski definition) is 4. The molecule has 0 unspecified atom stereocenters. The second kappa shape index (κ2) is 6.45. The Morgan fingerprint density at radius 1 is 1.32 bits per heavy atom. The molecule has 1 aliphatic heterocycles. The molecule has 2 amide bonds. The van der Waals surface area contributed by atoms with Gasteiger partial charge in [-0.3, -0.25) is 9.59 Å². The molecular weight excluding hydrogens is 306 g/mol. The topological polar surface area (TPSA) is 104 Å². The van der Waals surface area contributed by atoms with Crippen LogP contribution in [-0.2, 0) is 26.0 Å². The van der Waals surface area contributed by atoms with E-state index in [1.165, 1.54) is 12.1 Å². The van der Waals surface area contributed by atoms with Gasteiger partial charge >= 0.3 is 0 Å². The van der Waals surface area contributed by atoms with Crippen LogP contribution in [-0.4, -0.2) is 32.8 Å². The zero-order valence-electron chi connectivity index (χ0n) is 12.5. The summed E-state index contributed by atoms with van der Waals surface area (Å²) in [6.45, 7) is 3.28. The van der Waals surface area contributed by atoms with E-state index in [1.54, 1.807) is 19.9 Å². The third-order valence-electron chi connectivity index (χ3n) is 3.15. The van der Waals surface area contributed by atoms with Crippen LogP contribution in [0.5, 0.6) is 0 Å². The summed E-state index contributed by atoms with van der Waals surface area (Å²) < 4.78 is 26.7. The highest BCUT2D eigenvalue weighted by Gasteiger charge is 2.20. The van der Waals surface area contributed by atoms with E-state index in [-0.39, 0.29) is 29.3 Å². The van der Waals surface area contributed by atoms with Crippen molar-refractivity contribution in [2.45, 2.75) is 37.6 Å². The van der Waals surface area contributed by atoms with Gasteiger partial charge in [-0.25, -0.2) is 13.1 Å². The highest BCUT2D eigenvalue weighted by atomic mass is 32.2. The number of hydrogen-bond donors (Lipinski definition) is 3. The van der Waals surface area contributed by atoms with Crippen LogP contribution in [0.1, 0.15) is 25.8 Å². The van der Waals surface area contributed by atoms with Crippen molar-refractivity contribution in [2.24, 2.45) is 0 Å². The predicted molar refractivity (Wildman–Crippen MR) is 81.9 cm³/mol. The Morgan fingerprint density at radius 2 is 2.05 bits per heavy atom. The maximum atomic E-state index is 12.2. The molecule has 1 aromatic carbocycles. The SMILES string of the molecule is CC(C)NC(=O)CNS(=O)(=O)c1ccc2c(c1)CCC(=O)N2. The van der Waals surface area contributed by atoms with Crippen LogP contribution < -0.4 is 15.4 Å². The van der Waals surface area contributed by atoms with Gasteiger partial charge in [0.05, 0.1) is 11.4 Å². The Bertz CT molecular complexity index is 698. The molecule has 3 N–H and O–H groups in total. The summed E-state index contributed by atoms with van der Waals surface area (Å²) in [5, 5.41) is 5.30. The molecule has 1 heterocycles. The Hall–Kier alpha value is -1.93. The number of amides is 2. The number of carbonyl (C=O) groups excluding carboxylic acids is 2. The number of sulfonamides is 1. The summed E-state index contributed by atoms with van der Waals surface area (Å²) in [5.74, 6) is -0.463. The maximum Gasteiger partial charge on any atom is 0.241 e. The van der Waals surface area contributed by atoms with Crippen LogP contribution in [0.4, 0.5) is 5.69 Å². The van der Waals surface area contributed by atoms with Gasteiger partial charge in [0.2, 0.25) is 21.8 Å². The van der Waals surface area contributed by atoms with Gasteiger partial charge in [-0.2, -0.15) is 0 Å². The summed E-state index contributed by atoms with van der Waals surface area (Å²) in [5.41, 5.74) is 1.40. The van der Waals surface area contributed by atoms with Gasteiger partial charge in [0.1, 0.15) is 0 Å². The molecule has 0 spiro atoms. The zero-order valence-corrected chi connectivity index (χ0v) is 13.3. The number of benzene rings is 1. The number of fused-ring (bicyclic) bond motifs is 1. The lowest BCUT2D eigenvalue weighted by molar-refractivity contribution is -0.120. The van der Waals surface area contributed by atoms with Gasteiger partial charge in [0.25, 0.3) is 0 Å². The van der Waals surface area contributed by atoms with Crippen molar-refractivity contribution < 1.29 is 18.0 Å². The molecule has 0 saturated heterocycles. The minimum Gasteiger partial charge on any atom is -0.353 e. The summed E-state index contributed by atoms with van der Waals surface area (Å²) >= 11 is 0. The van der Waals surface area contributed by atoms with E-state index >= 15 is 0 Å². The van der Waals surface area contributed by atoms with Crippen LogP contribution in [0, 0.1) is 0 Å². The fourth-order valence-electron chi connectivity index (χ4n) is 2.14. The summed E-state index contributed by atoms with van der Waals surface area (Å²) in [6.07, 6.45) is 0.832. The Kier molecular flexibility index (Phi) is 4.82. The van der Waals surface area contributed by atoms with Crippen molar-refractivity contribution in [3.63, 3.8) is 0 Å². The Morgan fingerprint density at radius 3 is 2.73 bits per heavy atom. The standard InChI is InChI=1S/C14H19N3O4S/c1-9(2)16-14(19)8-15-22(20,21)11-4-5-12-10(7-11)3-6-13(18)17-12/h4-5,7,9,15H,3,6,8H2,1-2H3,(H,16,19)(H,17,18). The number of carbonyl (C=O) groups is 2. The molecule has 0 saturated carbocycles. The smallest absolute Gasteiger partial charge is 0.241 e. The number of nitrogens with one attached hydrogen (secondary N) is 3. The fourth-order valence-corrected chi connectivity index (χ4v) is 3.18. The van der Waals surface area contributed by atoms with E-state index in [0.717, 1.165) is 5.56 Å². The minimum absolute atomic E-state index is 0.0515. The zero-order chi connectivity index (χ0) is 16.3.